The van der Waals surface area contributed by atoms with Crippen LogP contribution in [0.5, 0.6) is 0 Å². The number of nitrogens with zero attached hydrogens (tertiary/aromatic N) is 2. The lowest BCUT2D eigenvalue weighted by atomic mass is 9.97. The van der Waals surface area contributed by atoms with E-state index in [0.29, 0.717) is 12.2 Å². The van der Waals surface area contributed by atoms with Gasteiger partial charge in [0.2, 0.25) is 0 Å². The van der Waals surface area contributed by atoms with Gasteiger partial charge in [0.25, 0.3) is 5.91 Å². The molecule has 1 saturated carbocycles. The summed E-state index contributed by atoms with van der Waals surface area (Å²) in [4.78, 5) is 15.0. The Morgan fingerprint density at radius 3 is 2.48 bits per heavy atom. The zero-order valence-corrected chi connectivity index (χ0v) is 15.1. The first-order valence-electron chi connectivity index (χ1n) is 9.71. The first kappa shape index (κ1) is 16.6. The molecule has 4 rings (SSSR count). The molecule has 2 aromatic rings. The summed E-state index contributed by atoms with van der Waals surface area (Å²) < 4.78 is 8.36. The van der Waals surface area contributed by atoms with Crippen molar-refractivity contribution >= 4 is 16.8 Å². The van der Waals surface area contributed by atoms with Gasteiger partial charge in [-0.3, -0.25) is 4.79 Å². The summed E-state index contributed by atoms with van der Waals surface area (Å²) in [5.41, 5.74) is 1.94. The highest BCUT2D eigenvalue weighted by atomic mass is 16.5. The Kier molecular flexibility index (Phi) is 4.80. The summed E-state index contributed by atoms with van der Waals surface area (Å²) in [6, 6.07) is 8.04. The van der Waals surface area contributed by atoms with E-state index in [-0.39, 0.29) is 5.91 Å². The van der Waals surface area contributed by atoms with Crippen LogP contribution in [0.1, 0.15) is 55.3 Å². The fourth-order valence-electron chi connectivity index (χ4n) is 4.33. The van der Waals surface area contributed by atoms with Gasteiger partial charge in [0.15, 0.2) is 0 Å². The lowest BCUT2D eigenvalue weighted by molar-refractivity contribution is -0.0526. The monoisotopic (exact) mass is 340 g/mol. The molecule has 0 atom stereocenters. The van der Waals surface area contributed by atoms with Crippen LogP contribution in [0.15, 0.2) is 30.5 Å². The maximum Gasteiger partial charge on any atom is 0.254 e. The second-order valence-corrected chi connectivity index (χ2v) is 7.55. The molecule has 1 aromatic heterocycles. The van der Waals surface area contributed by atoms with Crippen LogP contribution in [0.3, 0.4) is 0 Å². The Bertz CT molecular complexity index is 737. The van der Waals surface area contributed by atoms with Crippen molar-refractivity contribution in [1.29, 1.82) is 0 Å². The van der Waals surface area contributed by atoms with E-state index in [1.54, 1.807) is 0 Å². The average Bonchev–Trinajstić information content (AvgIpc) is 3.04. The summed E-state index contributed by atoms with van der Waals surface area (Å²) in [5.74, 6) is 0.160. The Morgan fingerprint density at radius 1 is 1.00 bits per heavy atom. The Hall–Kier alpha value is -1.81. The molecule has 25 heavy (non-hydrogen) atoms. The van der Waals surface area contributed by atoms with Gasteiger partial charge in [-0.05, 0) is 43.9 Å². The number of amides is 1. The molecule has 1 aromatic carbocycles. The lowest BCUT2D eigenvalue weighted by Crippen LogP contribution is -2.42. The number of carbonyl (C=O) groups excluding carboxylic acids is 1. The fourth-order valence-corrected chi connectivity index (χ4v) is 4.33. The molecule has 0 N–H and O–H groups in total. The van der Waals surface area contributed by atoms with E-state index in [1.165, 1.54) is 32.1 Å². The van der Waals surface area contributed by atoms with Gasteiger partial charge in [0.05, 0.1) is 12.2 Å². The molecule has 2 fully saturated rings. The largest absolute Gasteiger partial charge is 0.375 e. The predicted octanol–water partition coefficient (Wildman–Crippen LogP) is 4.13. The van der Waals surface area contributed by atoms with Crippen molar-refractivity contribution in [2.75, 3.05) is 13.1 Å². The van der Waals surface area contributed by atoms with Gasteiger partial charge in [-0.25, -0.2) is 0 Å². The van der Waals surface area contributed by atoms with E-state index in [2.05, 4.69) is 10.6 Å². The molecule has 0 bridgehead atoms. The molecule has 1 saturated heterocycles. The molecule has 0 spiro atoms. The predicted molar refractivity (Wildman–Crippen MR) is 99.8 cm³/mol. The Morgan fingerprint density at radius 2 is 1.72 bits per heavy atom. The number of rotatable bonds is 3. The number of benzene rings is 1. The molecule has 1 aliphatic heterocycles. The van der Waals surface area contributed by atoms with Crippen molar-refractivity contribution in [2.24, 2.45) is 7.05 Å². The third-order valence-electron chi connectivity index (χ3n) is 5.82. The van der Waals surface area contributed by atoms with E-state index in [9.17, 15) is 4.79 Å². The third-order valence-corrected chi connectivity index (χ3v) is 5.82. The topological polar surface area (TPSA) is 34.5 Å². The Labute approximate surface area is 149 Å². The highest BCUT2D eigenvalue weighted by Gasteiger charge is 2.27. The third kappa shape index (κ3) is 3.45. The van der Waals surface area contributed by atoms with Crippen molar-refractivity contribution in [2.45, 2.75) is 57.2 Å². The number of fused-ring (bicyclic) bond motifs is 1. The van der Waals surface area contributed by atoms with E-state index >= 15 is 0 Å². The second-order valence-electron chi connectivity index (χ2n) is 7.55. The van der Waals surface area contributed by atoms with Gasteiger partial charge in [-0.2, -0.15) is 0 Å². The van der Waals surface area contributed by atoms with Crippen LogP contribution in [-0.2, 0) is 11.8 Å². The molecule has 1 aliphatic carbocycles. The molecular weight excluding hydrogens is 312 g/mol. The normalized spacial score (nSPS) is 20.3. The minimum absolute atomic E-state index is 0.160. The molecular formula is C21H28N2O2. The smallest absolute Gasteiger partial charge is 0.254 e. The summed E-state index contributed by atoms with van der Waals surface area (Å²) in [6.07, 6.45) is 11.2. The van der Waals surface area contributed by atoms with Gasteiger partial charge in [0, 0.05) is 42.8 Å². The number of carbonyl (C=O) groups is 1. The maximum atomic E-state index is 13.0. The van der Waals surface area contributed by atoms with Gasteiger partial charge < -0.3 is 14.2 Å². The standard InChI is InChI=1S/C21H28N2O2/c1-22-13-12-18-19(8-5-9-20(18)22)21(24)23-14-10-17(11-15-23)25-16-6-3-2-4-7-16/h5,8-9,12-13,16-17H,2-4,6-7,10-11,14-15H2,1H3. The SMILES string of the molecule is Cn1ccc2c(C(=O)N3CCC(OC4CCCCC4)CC3)cccc21. The highest BCUT2D eigenvalue weighted by molar-refractivity contribution is 6.06. The van der Waals surface area contributed by atoms with Crippen LogP contribution in [-0.4, -0.2) is 40.7 Å². The number of hydrogen-bond donors (Lipinski definition) is 0. The molecule has 0 radical (unpaired) electrons. The number of hydrogen-bond acceptors (Lipinski definition) is 2. The number of aryl methyl sites for hydroxylation is 1. The van der Waals surface area contributed by atoms with E-state index < -0.39 is 0 Å². The van der Waals surface area contributed by atoms with Crippen molar-refractivity contribution in [3.05, 3.63) is 36.0 Å². The zero-order chi connectivity index (χ0) is 17.2. The van der Waals surface area contributed by atoms with Gasteiger partial charge >= 0.3 is 0 Å². The van der Waals surface area contributed by atoms with Crippen LogP contribution in [0.25, 0.3) is 10.9 Å². The first-order chi connectivity index (χ1) is 12.2. The quantitative estimate of drug-likeness (QED) is 0.842. The second kappa shape index (κ2) is 7.20. The van der Waals surface area contributed by atoms with E-state index in [4.69, 9.17) is 4.74 Å². The molecule has 1 amide bonds. The van der Waals surface area contributed by atoms with Crippen molar-refractivity contribution in [1.82, 2.24) is 9.47 Å². The molecule has 2 aliphatic rings. The number of piperidine rings is 1. The fraction of sp³-hybridized carbons (Fsp3) is 0.571. The average molecular weight is 340 g/mol. The molecule has 134 valence electrons. The summed E-state index contributed by atoms with van der Waals surface area (Å²) in [7, 11) is 2.02. The van der Waals surface area contributed by atoms with E-state index in [0.717, 1.165) is 42.4 Å². The summed E-state index contributed by atoms with van der Waals surface area (Å²) in [5, 5.41) is 1.05. The summed E-state index contributed by atoms with van der Waals surface area (Å²) in [6.45, 7) is 1.61. The molecule has 2 heterocycles. The number of aromatic nitrogens is 1. The van der Waals surface area contributed by atoms with Crippen molar-refractivity contribution < 1.29 is 9.53 Å². The van der Waals surface area contributed by atoms with Crippen LogP contribution in [0.4, 0.5) is 0 Å². The first-order valence-corrected chi connectivity index (χ1v) is 9.71. The zero-order valence-electron chi connectivity index (χ0n) is 15.1. The Balaban J connectivity index is 1.39. The minimum atomic E-state index is 0.160. The van der Waals surface area contributed by atoms with Gasteiger partial charge in [0.1, 0.15) is 0 Å². The maximum absolute atomic E-state index is 13.0. The van der Waals surface area contributed by atoms with Crippen molar-refractivity contribution in [3.8, 4) is 0 Å². The van der Waals surface area contributed by atoms with Crippen LogP contribution in [0.2, 0.25) is 0 Å². The lowest BCUT2D eigenvalue weighted by Gasteiger charge is -2.35. The van der Waals surface area contributed by atoms with Crippen LogP contribution >= 0.6 is 0 Å². The molecule has 0 unspecified atom stereocenters. The number of ether oxygens (including phenoxy) is 1. The van der Waals surface area contributed by atoms with E-state index in [1.807, 2.05) is 36.3 Å². The van der Waals surface area contributed by atoms with Gasteiger partial charge in [-0.15, -0.1) is 0 Å². The van der Waals surface area contributed by atoms with Crippen LogP contribution < -0.4 is 0 Å². The molecule has 4 heteroatoms. The van der Waals surface area contributed by atoms with Crippen LogP contribution in [0, 0.1) is 0 Å². The minimum Gasteiger partial charge on any atom is -0.375 e. The number of likely N-dealkylation sites (tertiary alicyclic amines) is 1. The van der Waals surface area contributed by atoms with Gasteiger partial charge in [-0.1, -0.05) is 25.3 Å². The highest BCUT2D eigenvalue weighted by Crippen LogP contribution is 2.26. The van der Waals surface area contributed by atoms with Crippen molar-refractivity contribution in [3.63, 3.8) is 0 Å². The summed E-state index contributed by atoms with van der Waals surface area (Å²) >= 11 is 0. The molecule has 4 nitrogen and oxygen atoms in total.